The molecule has 1 fully saturated rings. The van der Waals surface area contributed by atoms with E-state index in [1.54, 1.807) is 11.8 Å². The van der Waals surface area contributed by atoms with E-state index >= 15 is 0 Å². The fourth-order valence-corrected chi connectivity index (χ4v) is 1.59. The first-order valence-corrected chi connectivity index (χ1v) is 6.13. The van der Waals surface area contributed by atoms with Gasteiger partial charge in [0.25, 0.3) is 0 Å². The Hall–Kier alpha value is -1.30. The maximum absolute atomic E-state index is 11.8. The zero-order chi connectivity index (χ0) is 13.9. The first kappa shape index (κ1) is 14.8. The normalized spacial score (nSPS) is 21.6. The summed E-state index contributed by atoms with van der Waals surface area (Å²) in [6.45, 7) is 7.92. The van der Waals surface area contributed by atoms with Crippen LogP contribution in [0.4, 0.5) is 4.79 Å². The summed E-state index contributed by atoms with van der Waals surface area (Å²) in [6.07, 6.45) is -0.0320. The highest BCUT2D eigenvalue weighted by Crippen LogP contribution is 2.17. The van der Waals surface area contributed by atoms with Gasteiger partial charge in [0.15, 0.2) is 0 Å². The van der Waals surface area contributed by atoms with Gasteiger partial charge in [-0.2, -0.15) is 0 Å². The summed E-state index contributed by atoms with van der Waals surface area (Å²) in [6, 6.07) is -0.638. The average Bonchev–Trinajstić information content (AvgIpc) is 2.63. The number of carbonyl (C=O) groups excluding carboxylic acids is 2. The molecular weight excluding hydrogens is 236 g/mol. The molecule has 0 spiro atoms. The van der Waals surface area contributed by atoms with Gasteiger partial charge in [-0.15, -0.1) is 0 Å². The third-order valence-corrected chi connectivity index (χ3v) is 2.45. The molecule has 0 aromatic rings. The molecule has 18 heavy (non-hydrogen) atoms. The number of nitrogens with two attached hydrogens (primary N) is 1. The van der Waals surface area contributed by atoms with Crippen molar-refractivity contribution in [2.45, 2.75) is 51.9 Å². The number of likely N-dealkylation sites (tertiary alicyclic amines) is 1. The lowest BCUT2D eigenvalue weighted by molar-refractivity contribution is -0.149. The van der Waals surface area contributed by atoms with Crippen molar-refractivity contribution in [2.75, 3.05) is 13.1 Å². The zero-order valence-corrected chi connectivity index (χ0v) is 11.4. The molecule has 0 aliphatic carbocycles. The van der Waals surface area contributed by atoms with Crippen LogP contribution < -0.4 is 5.73 Å². The third kappa shape index (κ3) is 4.52. The standard InChI is InChI=1S/C12H22N2O4/c1-8(13)10(15)17-9-5-6-14(7-9)11(16)18-12(2,3)4/h8-9H,5-7,13H2,1-4H3/t8?,9-/m0/s1. The van der Waals surface area contributed by atoms with Gasteiger partial charge in [0.1, 0.15) is 17.7 Å². The molecule has 0 radical (unpaired) electrons. The Morgan fingerprint density at radius 2 is 2.00 bits per heavy atom. The predicted octanol–water partition coefficient (Wildman–Crippen LogP) is 0.886. The maximum atomic E-state index is 11.8. The van der Waals surface area contributed by atoms with E-state index in [-0.39, 0.29) is 12.2 Å². The predicted molar refractivity (Wildman–Crippen MR) is 66.0 cm³/mol. The van der Waals surface area contributed by atoms with Crippen molar-refractivity contribution in [3.8, 4) is 0 Å². The molecule has 1 saturated heterocycles. The van der Waals surface area contributed by atoms with Gasteiger partial charge in [-0.05, 0) is 27.7 Å². The van der Waals surface area contributed by atoms with E-state index in [1.165, 1.54) is 0 Å². The van der Waals surface area contributed by atoms with Crippen molar-refractivity contribution in [1.82, 2.24) is 4.90 Å². The summed E-state index contributed by atoms with van der Waals surface area (Å²) in [7, 11) is 0. The molecule has 0 aromatic heterocycles. The second kappa shape index (κ2) is 5.56. The molecule has 6 heteroatoms. The summed E-state index contributed by atoms with van der Waals surface area (Å²) in [4.78, 5) is 24.6. The highest BCUT2D eigenvalue weighted by molar-refractivity contribution is 5.75. The van der Waals surface area contributed by atoms with E-state index in [2.05, 4.69) is 0 Å². The SMILES string of the molecule is CC(N)C(=O)O[C@H]1CCN(C(=O)OC(C)(C)C)C1. The van der Waals surface area contributed by atoms with Crippen molar-refractivity contribution >= 4 is 12.1 Å². The number of rotatable bonds is 2. The van der Waals surface area contributed by atoms with Gasteiger partial charge in [0.2, 0.25) is 0 Å². The van der Waals surface area contributed by atoms with Crippen LogP contribution in [0.25, 0.3) is 0 Å². The number of ether oxygens (including phenoxy) is 2. The first-order valence-electron chi connectivity index (χ1n) is 6.13. The summed E-state index contributed by atoms with van der Waals surface area (Å²) >= 11 is 0. The van der Waals surface area contributed by atoms with E-state index in [1.807, 2.05) is 20.8 Å². The molecule has 2 atom stereocenters. The van der Waals surface area contributed by atoms with Crippen LogP contribution in [0.1, 0.15) is 34.1 Å². The molecule has 0 saturated carbocycles. The Morgan fingerprint density at radius 3 is 2.50 bits per heavy atom. The first-order chi connectivity index (χ1) is 8.19. The van der Waals surface area contributed by atoms with E-state index in [0.29, 0.717) is 19.5 Å². The van der Waals surface area contributed by atoms with Crippen molar-refractivity contribution in [2.24, 2.45) is 5.73 Å². The number of nitrogens with zero attached hydrogens (tertiary/aromatic N) is 1. The molecule has 2 N–H and O–H groups in total. The Labute approximate surface area is 107 Å². The number of hydrogen-bond acceptors (Lipinski definition) is 5. The van der Waals surface area contributed by atoms with Crippen LogP contribution >= 0.6 is 0 Å². The van der Waals surface area contributed by atoms with E-state index in [9.17, 15) is 9.59 Å². The molecule has 6 nitrogen and oxygen atoms in total. The topological polar surface area (TPSA) is 81.9 Å². The summed E-state index contributed by atoms with van der Waals surface area (Å²) in [5.41, 5.74) is 4.90. The van der Waals surface area contributed by atoms with Crippen LogP contribution in [-0.2, 0) is 14.3 Å². The molecule has 1 heterocycles. The van der Waals surface area contributed by atoms with Crippen LogP contribution in [0.2, 0.25) is 0 Å². The van der Waals surface area contributed by atoms with E-state index in [0.717, 1.165) is 0 Å². The lowest BCUT2D eigenvalue weighted by atomic mass is 10.2. The number of carbonyl (C=O) groups is 2. The minimum atomic E-state index is -0.638. The smallest absolute Gasteiger partial charge is 0.410 e. The van der Waals surface area contributed by atoms with Gasteiger partial charge in [0.05, 0.1) is 6.54 Å². The van der Waals surface area contributed by atoms with Crippen LogP contribution in [0.15, 0.2) is 0 Å². The average molecular weight is 258 g/mol. The van der Waals surface area contributed by atoms with Crippen LogP contribution in [0.3, 0.4) is 0 Å². The minimum Gasteiger partial charge on any atom is -0.459 e. The quantitative estimate of drug-likeness (QED) is 0.744. The van der Waals surface area contributed by atoms with Crippen molar-refractivity contribution in [1.29, 1.82) is 0 Å². The third-order valence-electron chi connectivity index (χ3n) is 2.45. The Bertz CT molecular complexity index is 323. The van der Waals surface area contributed by atoms with Gasteiger partial charge in [-0.3, -0.25) is 4.79 Å². The lowest BCUT2D eigenvalue weighted by Gasteiger charge is -2.24. The molecule has 1 aliphatic rings. The fourth-order valence-electron chi connectivity index (χ4n) is 1.59. The molecular formula is C12H22N2O4. The van der Waals surface area contributed by atoms with Crippen molar-refractivity contribution in [3.63, 3.8) is 0 Å². The summed E-state index contributed by atoms with van der Waals surface area (Å²) in [5.74, 6) is -0.439. The van der Waals surface area contributed by atoms with Crippen LogP contribution in [0.5, 0.6) is 0 Å². The monoisotopic (exact) mass is 258 g/mol. The van der Waals surface area contributed by atoms with E-state index < -0.39 is 17.6 Å². The van der Waals surface area contributed by atoms with Crippen molar-refractivity contribution < 1.29 is 19.1 Å². The van der Waals surface area contributed by atoms with Gasteiger partial charge < -0.3 is 20.1 Å². The molecule has 104 valence electrons. The second-order valence-corrected chi connectivity index (χ2v) is 5.56. The van der Waals surface area contributed by atoms with Crippen molar-refractivity contribution in [3.05, 3.63) is 0 Å². The Morgan fingerprint density at radius 1 is 1.39 bits per heavy atom. The number of esters is 1. The molecule has 1 rings (SSSR count). The van der Waals surface area contributed by atoms with E-state index in [4.69, 9.17) is 15.2 Å². The molecule has 1 aliphatic heterocycles. The van der Waals surface area contributed by atoms with Gasteiger partial charge in [-0.1, -0.05) is 0 Å². The van der Waals surface area contributed by atoms with Crippen LogP contribution in [-0.4, -0.2) is 47.8 Å². The Balaban J connectivity index is 2.42. The lowest BCUT2D eigenvalue weighted by Crippen LogP contribution is -2.37. The second-order valence-electron chi connectivity index (χ2n) is 5.56. The highest BCUT2D eigenvalue weighted by atomic mass is 16.6. The molecule has 0 bridgehead atoms. The molecule has 1 unspecified atom stereocenters. The van der Waals surface area contributed by atoms with Gasteiger partial charge >= 0.3 is 12.1 Å². The van der Waals surface area contributed by atoms with Gasteiger partial charge in [-0.25, -0.2) is 4.79 Å². The van der Waals surface area contributed by atoms with Gasteiger partial charge in [0, 0.05) is 13.0 Å². The largest absolute Gasteiger partial charge is 0.459 e. The molecule has 1 amide bonds. The fraction of sp³-hybridized carbons (Fsp3) is 0.833. The minimum absolute atomic E-state index is 0.281. The highest BCUT2D eigenvalue weighted by Gasteiger charge is 2.32. The summed E-state index contributed by atoms with van der Waals surface area (Å²) in [5, 5.41) is 0. The number of hydrogen-bond donors (Lipinski definition) is 1. The Kier molecular flexibility index (Phi) is 4.56. The summed E-state index contributed by atoms with van der Waals surface area (Å²) < 4.78 is 10.4. The molecule has 0 aromatic carbocycles. The zero-order valence-electron chi connectivity index (χ0n) is 11.4. The van der Waals surface area contributed by atoms with Crippen LogP contribution in [0, 0.1) is 0 Å². The maximum Gasteiger partial charge on any atom is 0.410 e. The number of amides is 1.